The van der Waals surface area contributed by atoms with Crippen molar-refractivity contribution in [1.82, 2.24) is 0 Å². The number of hydrogen-bond donors (Lipinski definition) is 0. The van der Waals surface area contributed by atoms with Crippen molar-refractivity contribution in [1.29, 1.82) is 0 Å². The van der Waals surface area contributed by atoms with Gasteiger partial charge >= 0.3 is 0 Å². The van der Waals surface area contributed by atoms with Gasteiger partial charge in [0.15, 0.2) is 0 Å². The molecule has 15 heavy (non-hydrogen) atoms. The molecule has 0 aliphatic heterocycles. The standard InChI is InChI=1S/C14H8S/c1-2-7-13(8-3-1)9-4-5-10-14-11-6-12-15-14/h1-3,6-8,11-12H. The smallest absolute Gasteiger partial charge is 0.0778 e. The summed E-state index contributed by atoms with van der Waals surface area (Å²) in [5, 5.41) is 2.01. The van der Waals surface area contributed by atoms with E-state index in [9.17, 15) is 0 Å². The number of benzene rings is 1. The van der Waals surface area contributed by atoms with Gasteiger partial charge in [0.2, 0.25) is 0 Å². The summed E-state index contributed by atoms with van der Waals surface area (Å²) in [5.74, 6) is 11.6. The Morgan fingerprint density at radius 3 is 2.33 bits per heavy atom. The van der Waals surface area contributed by atoms with Crippen LogP contribution in [0, 0.1) is 23.7 Å². The van der Waals surface area contributed by atoms with Crippen molar-refractivity contribution in [2.75, 3.05) is 0 Å². The van der Waals surface area contributed by atoms with Gasteiger partial charge in [-0.3, -0.25) is 0 Å². The SMILES string of the molecule is C(C#Cc1cccs1)#Cc1ccccc1. The molecule has 0 amide bonds. The summed E-state index contributed by atoms with van der Waals surface area (Å²) in [6.07, 6.45) is 0. The van der Waals surface area contributed by atoms with Crippen LogP contribution in [0.3, 0.4) is 0 Å². The van der Waals surface area contributed by atoms with Gasteiger partial charge in [-0.2, -0.15) is 0 Å². The second kappa shape index (κ2) is 5.05. The lowest BCUT2D eigenvalue weighted by Gasteiger charge is -1.83. The number of thiophene rings is 1. The second-order valence-electron chi connectivity index (χ2n) is 2.84. The van der Waals surface area contributed by atoms with E-state index < -0.39 is 0 Å². The van der Waals surface area contributed by atoms with Crippen LogP contribution in [-0.4, -0.2) is 0 Å². The highest BCUT2D eigenvalue weighted by Gasteiger charge is 1.82. The molecule has 0 saturated heterocycles. The summed E-state index contributed by atoms with van der Waals surface area (Å²) in [5.41, 5.74) is 0.998. The molecule has 1 aromatic carbocycles. The predicted molar refractivity (Wildman–Crippen MR) is 64.5 cm³/mol. The van der Waals surface area contributed by atoms with E-state index in [1.807, 2.05) is 47.8 Å². The van der Waals surface area contributed by atoms with E-state index in [0.29, 0.717) is 0 Å². The molecule has 0 bridgehead atoms. The average molecular weight is 208 g/mol. The summed E-state index contributed by atoms with van der Waals surface area (Å²) in [6.45, 7) is 0. The summed E-state index contributed by atoms with van der Waals surface area (Å²) in [4.78, 5) is 1.05. The molecule has 0 spiro atoms. The lowest BCUT2D eigenvalue weighted by Crippen LogP contribution is -1.69. The van der Waals surface area contributed by atoms with E-state index in [2.05, 4.69) is 23.7 Å². The minimum atomic E-state index is 0.998. The van der Waals surface area contributed by atoms with Gasteiger partial charge in [0.05, 0.1) is 4.88 Å². The van der Waals surface area contributed by atoms with Crippen LogP contribution >= 0.6 is 11.3 Å². The fourth-order valence-electron chi connectivity index (χ4n) is 1.07. The first-order chi connectivity index (χ1) is 7.45. The summed E-state index contributed by atoms with van der Waals surface area (Å²) >= 11 is 1.63. The van der Waals surface area contributed by atoms with Crippen molar-refractivity contribution in [3.8, 4) is 23.7 Å². The van der Waals surface area contributed by atoms with Gasteiger partial charge in [0.1, 0.15) is 0 Å². The van der Waals surface area contributed by atoms with Crippen molar-refractivity contribution in [2.45, 2.75) is 0 Å². The molecule has 0 nitrogen and oxygen atoms in total. The molecule has 70 valence electrons. The topological polar surface area (TPSA) is 0 Å². The van der Waals surface area contributed by atoms with Crippen molar-refractivity contribution in [3.05, 3.63) is 58.3 Å². The molecule has 2 aromatic rings. The van der Waals surface area contributed by atoms with Crippen molar-refractivity contribution < 1.29 is 0 Å². The zero-order valence-electron chi connectivity index (χ0n) is 8.03. The maximum atomic E-state index is 2.99. The fourth-order valence-corrected chi connectivity index (χ4v) is 1.64. The Morgan fingerprint density at radius 1 is 0.800 bits per heavy atom. The third-order valence-corrected chi connectivity index (χ3v) is 2.54. The Morgan fingerprint density at radius 2 is 1.60 bits per heavy atom. The van der Waals surface area contributed by atoms with E-state index in [4.69, 9.17) is 0 Å². The van der Waals surface area contributed by atoms with Crippen LogP contribution < -0.4 is 0 Å². The zero-order chi connectivity index (χ0) is 10.3. The van der Waals surface area contributed by atoms with E-state index in [-0.39, 0.29) is 0 Å². The molecule has 0 aliphatic carbocycles. The number of hydrogen-bond acceptors (Lipinski definition) is 1. The van der Waals surface area contributed by atoms with Crippen molar-refractivity contribution >= 4 is 11.3 Å². The maximum absolute atomic E-state index is 2.99. The normalized spacial score (nSPS) is 8.27. The third kappa shape index (κ3) is 3.02. The highest BCUT2D eigenvalue weighted by molar-refractivity contribution is 7.10. The van der Waals surface area contributed by atoms with Crippen LogP contribution in [0.5, 0.6) is 0 Å². The van der Waals surface area contributed by atoms with Crippen LogP contribution in [-0.2, 0) is 0 Å². The molecule has 0 aliphatic rings. The molecule has 0 radical (unpaired) electrons. The van der Waals surface area contributed by atoms with Gasteiger partial charge in [0, 0.05) is 5.56 Å². The molecule has 1 heteroatoms. The molecule has 0 unspecified atom stereocenters. The first-order valence-corrected chi connectivity index (χ1v) is 5.44. The molecule has 0 N–H and O–H groups in total. The maximum Gasteiger partial charge on any atom is 0.0778 e. The fraction of sp³-hybridized carbons (Fsp3) is 0. The minimum absolute atomic E-state index is 0.998. The van der Waals surface area contributed by atoms with Gasteiger partial charge in [0.25, 0.3) is 0 Å². The largest absolute Gasteiger partial charge is 0.135 e. The van der Waals surface area contributed by atoms with Crippen molar-refractivity contribution in [2.24, 2.45) is 0 Å². The summed E-state index contributed by atoms with van der Waals surface area (Å²) in [7, 11) is 0. The van der Waals surface area contributed by atoms with Gasteiger partial charge in [-0.1, -0.05) is 30.2 Å². The first-order valence-electron chi connectivity index (χ1n) is 4.56. The van der Waals surface area contributed by atoms with Gasteiger partial charge in [-0.15, -0.1) is 11.3 Å². The predicted octanol–water partition coefficient (Wildman–Crippen LogP) is 3.15. The molecule has 2 rings (SSSR count). The van der Waals surface area contributed by atoms with Gasteiger partial charge < -0.3 is 0 Å². The molecule has 0 saturated carbocycles. The van der Waals surface area contributed by atoms with Crippen LogP contribution in [0.2, 0.25) is 0 Å². The van der Waals surface area contributed by atoms with E-state index in [1.165, 1.54) is 0 Å². The minimum Gasteiger partial charge on any atom is -0.135 e. The van der Waals surface area contributed by atoms with Gasteiger partial charge in [-0.05, 0) is 41.3 Å². The first kappa shape index (κ1) is 9.59. The van der Waals surface area contributed by atoms with Crippen LogP contribution in [0.15, 0.2) is 47.8 Å². The highest BCUT2D eigenvalue weighted by Crippen LogP contribution is 2.05. The summed E-state index contributed by atoms with van der Waals surface area (Å²) < 4.78 is 0. The molecule has 0 atom stereocenters. The molecular formula is C14H8S. The second-order valence-corrected chi connectivity index (χ2v) is 3.79. The quantitative estimate of drug-likeness (QED) is 0.583. The Kier molecular flexibility index (Phi) is 3.23. The third-order valence-electron chi connectivity index (χ3n) is 1.75. The van der Waals surface area contributed by atoms with E-state index in [1.54, 1.807) is 11.3 Å². The van der Waals surface area contributed by atoms with Gasteiger partial charge in [-0.25, -0.2) is 0 Å². The Bertz CT molecular complexity index is 528. The highest BCUT2D eigenvalue weighted by atomic mass is 32.1. The Hall–Kier alpha value is -1.96. The average Bonchev–Trinajstić information content (AvgIpc) is 2.79. The Labute approximate surface area is 93.6 Å². The van der Waals surface area contributed by atoms with Crippen molar-refractivity contribution in [3.63, 3.8) is 0 Å². The van der Waals surface area contributed by atoms with Crippen LogP contribution in [0.4, 0.5) is 0 Å². The lowest BCUT2D eigenvalue weighted by atomic mass is 10.2. The van der Waals surface area contributed by atoms with Crippen LogP contribution in [0.1, 0.15) is 10.4 Å². The Balaban J connectivity index is 2.08. The van der Waals surface area contributed by atoms with Crippen LogP contribution in [0.25, 0.3) is 0 Å². The lowest BCUT2D eigenvalue weighted by molar-refractivity contribution is 1.65. The molecule has 1 heterocycles. The van der Waals surface area contributed by atoms with E-state index in [0.717, 1.165) is 10.4 Å². The van der Waals surface area contributed by atoms with E-state index >= 15 is 0 Å². The molecular weight excluding hydrogens is 200 g/mol. The summed E-state index contributed by atoms with van der Waals surface area (Å²) in [6, 6.07) is 13.8. The number of rotatable bonds is 0. The monoisotopic (exact) mass is 208 g/mol. The zero-order valence-corrected chi connectivity index (χ0v) is 8.84. The molecule has 1 aromatic heterocycles. The molecule has 0 fully saturated rings.